The molecule has 1 atom stereocenters. The molecular weight excluding hydrogens is 384 g/mol. The van der Waals surface area contributed by atoms with Crippen LogP contribution in [0.4, 0.5) is 0 Å². The van der Waals surface area contributed by atoms with Crippen molar-refractivity contribution in [2.24, 2.45) is 5.73 Å². The molecule has 0 aliphatic carbocycles. The van der Waals surface area contributed by atoms with Gasteiger partial charge in [0.15, 0.2) is 11.5 Å². The molecule has 1 aromatic carbocycles. The van der Waals surface area contributed by atoms with Crippen LogP contribution in [0.1, 0.15) is 30.9 Å². The first-order chi connectivity index (χ1) is 12.5. The van der Waals surface area contributed by atoms with Crippen LogP contribution in [-0.4, -0.2) is 37.6 Å². The van der Waals surface area contributed by atoms with Crippen LogP contribution in [0.2, 0.25) is 0 Å². The number of carbonyl (C=O) groups excluding carboxylic acids is 1. The Balaban J connectivity index is 0.00000364. The minimum atomic E-state index is 0. The lowest BCUT2D eigenvalue weighted by molar-refractivity contribution is -0.132. The number of halogens is 1. The fourth-order valence-corrected chi connectivity index (χ4v) is 3.36. The summed E-state index contributed by atoms with van der Waals surface area (Å²) in [6, 6.07) is 7.97. The molecule has 2 aromatic rings. The van der Waals surface area contributed by atoms with Crippen molar-refractivity contribution in [3.8, 4) is 11.5 Å². The largest absolute Gasteiger partial charge is 0.493 e. The molecule has 2 rings (SSSR count). The fourth-order valence-electron chi connectivity index (χ4n) is 2.70. The summed E-state index contributed by atoms with van der Waals surface area (Å²) < 4.78 is 10.6. The van der Waals surface area contributed by atoms with Crippen molar-refractivity contribution in [1.82, 2.24) is 4.90 Å². The van der Waals surface area contributed by atoms with Crippen molar-refractivity contribution < 1.29 is 14.3 Å². The van der Waals surface area contributed by atoms with Crippen LogP contribution >= 0.6 is 23.7 Å². The van der Waals surface area contributed by atoms with Gasteiger partial charge in [0, 0.05) is 25.6 Å². The second-order valence-corrected chi connectivity index (χ2v) is 7.18. The number of ether oxygens (including phenoxy) is 2. The zero-order valence-electron chi connectivity index (χ0n) is 16.1. The van der Waals surface area contributed by atoms with E-state index in [1.807, 2.05) is 35.4 Å². The maximum absolute atomic E-state index is 12.6. The Labute approximate surface area is 171 Å². The van der Waals surface area contributed by atoms with Gasteiger partial charge in [0.2, 0.25) is 5.91 Å². The second kappa shape index (κ2) is 11.8. The summed E-state index contributed by atoms with van der Waals surface area (Å²) in [5, 5.41) is 4.12. The second-order valence-electron chi connectivity index (χ2n) is 6.40. The standard InChI is InChI=1S/C20H28N2O3S.ClH/c1-15(21)4-7-20(23)22(13-17-9-11-26-14-17)10-8-16-5-6-18(24-2)19(12-16)25-3;/h5-6,9,11-12,14-15H,4,7-8,10,13,21H2,1-3H3;1H. The quantitative estimate of drug-likeness (QED) is 0.643. The van der Waals surface area contributed by atoms with Gasteiger partial charge in [-0.25, -0.2) is 0 Å². The number of methoxy groups -OCH3 is 2. The molecule has 1 unspecified atom stereocenters. The molecule has 27 heavy (non-hydrogen) atoms. The lowest BCUT2D eigenvalue weighted by Gasteiger charge is -2.23. The van der Waals surface area contributed by atoms with E-state index in [2.05, 4.69) is 11.4 Å². The zero-order chi connectivity index (χ0) is 18.9. The van der Waals surface area contributed by atoms with Crippen molar-refractivity contribution in [2.45, 2.75) is 38.8 Å². The Morgan fingerprint density at radius 3 is 2.52 bits per heavy atom. The van der Waals surface area contributed by atoms with E-state index < -0.39 is 0 Å². The third-order valence-electron chi connectivity index (χ3n) is 4.24. The van der Waals surface area contributed by atoms with Gasteiger partial charge in [-0.05, 0) is 59.9 Å². The van der Waals surface area contributed by atoms with E-state index in [4.69, 9.17) is 15.2 Å². The maximum Gasteiger partial charge on any atom is 0.222 e. The average molecular weight is 413 g/mol. The molecule has 0 aliphatic rings. The molecular formula is C20H29ClN2O3S. The van der Waals surface area contributed by atoms with Crippen molar-refractivity contribution in [2.75, 3.05) is 20.8 Å². The molecule has 1 amide bonds. The average Bonchev–Trinajstić information content (AvgIpc) is 3.15. The van der Waals surface area contributed by atoms with E-state index in [1.54, 1.807) is 25.6 Å². The van der Waals surface area contributed by atoms with E-state index in [0.717, 1.165) is 17.5 Å². The van der Waals surface area contributed by atoms with Gasteiger partial charge in [0.05, 0.1) is 14.2 Å². The summed E-state index contributed by atoms with van der Waals surface area (Å²) in [5.41, 5.74) is 8.08. The number of amides is 1. The van der Waals surface area contributed by atoms with Crippen molar-refractivity contribution in [3.05, 3.63) is 46.2 Å². The number of benzene rings is 1. The number of hydrogen-bond donors (Lipinski definition) is 1. The van der Waals surface area contributed by atoms with E-state index in [1.165, 1.54) is 0 Å². The summed E-state index contributed by atoms with van der Waals surface area (Å²) in [6.45, 7) is 3.22. The molecule has 0 aliphatic heterocycles. The zero-order valence-corrected chi connectivity index (χ0v) is 17.8. The highest BCUT2D eigenvalue weighted by Crippen LogP contribution is 2.27. The number of hydrogen-bond acceptors (Lipinski definition) is 5. The van der Waals surface area contributed by atoms with Crippen molar-refractivity contribution >= 4 is 29.7 Å². The van der Waals surface area contributed by atoms with Crippen LogP contribution in [0.5, 0.6) is 11.5 Å². The molecule has 0 saturated heterocycles. The first kappa shape index (κ1) is 23.3. The van der Waals surface area contributed by atoms with Crippen LogP contribution in [0.3, 0.4) is 0 Å². The normalized spacial score (nSPS) is 11.4. The van der Waals surface area contributed by atoms with Gasteiger partial charge >= 0.3 is 0 Å². The Morgan fingerprint density at radius 1 is 1.19 bits per heavy atom. The Kier molecular flexibility index (Phi) is 10.2. The third-order valence-corrected chi connectivity index (χ3v) is 4.97. The summed E-state index contributed by atoms with van der Waals surface area (Å²) in [6.07, 6.45) is 1.94. The summed E-state index contributed by atoms with van der Waals surface area (Å²) >= 11 is 1.65. The topological polar surface area (TPSA) is 64.8 Å². The van der Waals surface area contributed by atoms with E-state index in [9.17, 15) is 4.79 Å². The lowest BCUT2D eigenvalue weighted by atomic mass is 10.1. The van der Waals surface area contributed by atoms with Crippen molar-refractivity contribution in [1.29, 1.82) is 0 Å². The number of rotatable bonds is 10. The minimum absolute atomic E-state index is 0. The number of carbonyl (C=O) groups is 1. The van der Waals surface area contributed by atoms with Gasteiger partial charge in [0.1, 0.15) is 0 Å². The summed E-state index contributed by atoms with van der Waals surface area (Å²) in [4.78, 5) is 14.6. The molecule has 0 bridgehead atoms. The molecule has 0 fully saturated rings. The van der Waals surface area contributed by atoms with Crippen LogP contribution in [0.25, 0.3) is 0 Å². The fraction of sp³-hybridized carbons (Fsp3) is 0.450. The van der Waals surface area contributed by atoms with Gasteiger partial charge in [-0.2, -0.15) is 11.3 Å². The smallest absolute Gasteiger partial charge is 0.222 e. The van der Waals surface area contributed by atoms with Crippen LogP contribution in [0.15, 0.2) is 35.0 Å². The molecule has 0 saturated carbocycles. The SMILES string of the molecule is COc1ccc(CCN(Cc2ccsc2)C(=O)CCC(C)N)cc1OC.Cl. The molecule has 1 heterocycles. The van der Waals surface area contributed by atoms with Gasteiger partial charge in [-0.3, -0.25) is 4.79 Å². The van der Waals surface area contributed by atoms with Gasteiger partial charge < -0.3 is 20.1 Å². The third kappa shape index (κ3) is 7.40. The highest BCUT2D eigenvalue weighted by molar-refractivity contribution is 7.07. The lowest BCUT2D eigenvalue weighted by Crippen LogP contribution is -2.33. The van der Waals surface area contributed by atoms with Gasteiger partial charge in [-0.15, -0.1) is 12.4 Å². The van der Waals surface area contributed by atoms with Crippen molar-refractivity contribution in [3.63, 3.8) is 0 Å². The predicted octanol–water partition coefficient (Wildman–Crippen LogP) is 3.89. The molecule has 2 N–H and O–H groups in total. The highest BCUT2D eigenvalue weighted by Gasteiger charge is 2.15. The first-order valence-electron chi connectivity index (χ1n) is 8.78. The number of nitrogens with zero attached hydrogens (tertiary/aromatic N) is 1. The number of thiophene rings is 1. The predicted molar refractivity (Wildman–Crippen MR) is 113 cm³/mol. The van der Waals surface area contributed by atoms with E-state index >= 15 is 0 Å². The van der Waals surface area contributed by atoms with E-state index in [0.29, 0.717) is 37.4 Å². The Morgan fingerprint density at radius 2 is 1.93 bits per heavy atom. The highest BCUT2D eigenvalue weighted by atomic mass is 35.5. The maximum atomic E-state index is 12.6. The molecule has 7 heteroatoms. The molecule has 0 radical (unpaired) electrons. The van der Waals surface area contributed by atoms with Crippen LogP contribution < -0.4 is 15.2 Å². The van der Waals surface area contributed by atoms with E-state index in [-0.39, 0.29) is 24.4 Å². The molecule has 5 nitrogen and oxygen atoms in total. The molecule has 0 spiro atoms. The summed E-state index contributed by atoms with van der Waals surface area (Å²) in [5.74, 6) is 1.56. The minimum Gasteiger partial charge on any atom is -0.493 e. The Bertz CT molecular complexity index is 693. The van der Waals surface area contributed by atoms with Crippen LogP contribution in [-0.2, 0) is 17.8 Å². The molecule has 1 aromatic heterocycles. The van der Waals surface area contributed by atoms with Gasteiger partial charge in [0.25, 0.3) is 0 Å². The van der Waals surface area contributed by atoms with Crippen LogP contribution in [0, 0.1) is 0 Å². The summed E-state index contributed by atoms with van der Waals surface area (Å²) in [7, 11) is 3.25. The molecule has 150 valence electrons. The van der Waals surface area contributed by atoms with Gasteiger partial charge in [-0.1, -0.05) is 6.07 Å². The Hall–Kier alpha value is -1.76. The number of nitrogens with two attached hydrogens (primary N) is 1. The first-order valence-corrected chi connectivity index (χ1v) is 9.73. The monoisotopic (exact) mass is 412 g/mol.